The second-order valence-electron chi connectivity index (χ2n) is 4.20. The molecule has 1 heterocycles. The molecular weight excluding hydrogens is 266 g/mol. The fourth-order valence-corrected chi connectivity index (χ4v) is 2.01. The van der Waals surface area contributed by atoms with Gasteiger partial charge in [0.1, 0.15) is 5.75 Å². The van der Waals surface area contributed by atoms with Crippen molar-refractivity contribution in [1.29, 1.82) is 0 Å². The van der Waals surface area contributed by atoms with Crippen molar-refractivity contribution in [2.24, 2.45) is 0 Å². The number of rotatable bonds is 5. The van der Waals surface area contributed by atoms with Crippen molar-refractivity contribution in [3.8, 4) is 11.4 Å². The maximum atomic E-state index is 12.1. The van der Waals surface area contributed by atoms with Gasteiger partial charge in [-0.15, -0.1) is 0 Å². The van der Waals surface area contributed by atoms with Crippen LogP contribution in [-0.2, 0) is 6.42 Å². The van der Waals surface area contributed by atoms with E-state index in [2.05, 4.69) is 9.84 Å². The molecule has 0 unspecified atom stereocenters. The third-order valence-electron chi connectivity index (χ3n) is 3.00. The van der Waals surface area contributed by atoms with Crippen LogP contribution in [-0.4, -0.2) is 22.7 Å². The SMILES string of the molecule is CCc1nn(-c2ccc(OC(F)F)cc2)c(C)c1C=O. The van der Waals surface area contributed by atoms with Crippen LogP contribution < -0.4 is 4.74 Å². The molecule has 0 aliphatic heterocycles. The largest absolute Gasteiger partial charge is 0.435 e. The summed E-state index contributed by atoms with van der Waals surface area (Å²) in [6.45, 7) is 0.860. The van der Waals surface area contributed by atoms with Crippen LogP contribution in [0.4, 0.5) is 8.78 Å². The molecule has 0 aliphatic rings. The second-order valence-corrected chi connectivity index (χ2v) is 4.20. The number of halogens is 2. The smallest absolute Gasteiger partial charge is 0.387 e. The normalized spacial score (nSPS) is 10.8. The summed E-state index contributed by atoms with van der Waals surface area (Å²) >= 11 is 0. The molecule has 0 saturated carbocycles. The van der Waals surface area contributed by atoms with E-state index in [4.69, 9.17) is 0 Å². The molecule has 1 aromatic heterocycles. The Morgan fingerprint density at radius 3 is 2.45 bits per heavy atom. The average molecular weight is 280 g/mol. The molecule has 0 fully saturated rings. The minimum atomic E-state index is -2.85. The van der Waals surface area contributed by atoms with Crippen molar-refractivity contribution in [2.75, 3.05) is 0 Å². The number of carbonyl (C=O) groups is 1. The highest BCUT2D eigenvalue weighted by atomic mass is 19.3. The minimum absolute atomic E-state index is 0.0832. The van der Waals surface area contributed by atoms with Crippen molar-refractivity contribution >= 4 is 6.29 Å². The number of benzene rings is 1. The van der Waals surface area contributed by atoms with Crippen molar-refractivity contribution in [1.82, 2.24) is 9.78 Å². The van der Waals surface area contributed by atoms with Crippen molar-refractivity contribution < 1.29 is 18.3 Å². The number of alkyl halides is 2. The number of hydrogen-bond donors (Lipinski definition) is 0. The molecule has 6 heteroatoms. The first-order valence-electron chi connectivity index (χ1n) is 6.15. The van der Waals surface area contributed by atoms with Crippen LogP contribution in [0.5, 0.6) is 5.75 Å². The lowest BCUT2D eigenvalue weighted by Gasteiger charge is -2.07. The van der Waals surface area contributed by atoms with Crippen LogP contribution in [0.1, 0.15) is 28.7 Å². The Bertz CT molecular complexity index is 606. The van der Waals surface area contributed by atoms with Crippen molar-refractivity contribution in [2.45, 2.75) is 26.9 Å². The first-order chi connectivity index (χ1) is 9.56. The fraction of sp³-hybridized carbons (Fsp3) is 0.286. The molecule has 0 spiro atoms. The average Bonchev–Trinajstić information content (AvgIpc) is 2.75. The van der Waals surface area contributed by atoms with Crippen LogP contribution in [0.15, 0.2) is 24.3 Å². The lowest BCUT2D eigenvalue weighted by molar-refractivity contribution is -0.0498. The monoisotopic (exact) mass is 280 g/mol. The zero-order chi connectivity index (χ0) is 14.7. The van der Waals surface area contributed by atoms with E-state index < -0.39 is 6.61 Å². The van der Waals surface area contributed by atoms with Gasteiger partial charge in [-0.3, -0.25) is 4.79 Å². The van der Waals surface area contributed by atoms with Gasteiger partial charge in [-0.2, -0.15) is 13.9 Å². The zero-order valence-electron chi connectivity index (χ0n) is 11.1. The highest BCUT2D eigenvalue weighted by Gasteiger charge is 2.14. The van der Waals surface area contributed by atoms with Crippen LogP contribution in [0.25, 0.3) is 5.69 Å². The van der Waals surface area contributed by atoms with Gasteiger partial charge in [0.15, 0.2) is 6.29 Å². The molecule has 0 bridgehead atoms. The summed E-state index contributed by atoms with van der Waals surface area (Å²) in [5, 5.41) is 4.36. The molecule has 2 rings (SSSR count). The van der Waals surface area contributed by atoms with Gasteiger partial charge in [-0.1, -0.05) is 6.92 Å². The molecule has 0 saturated heterocycles. The van der Waals surface area contributed by atoms with E-state index in [9.17, 15) is 13.6 Å². The van der Waals surface area contributed by atoms with Crippen LogP contribution in [0.2, 0.25) is 0 Å². The van der Waals surface area contributed by atoms with Crippen molar-refractivity contribution in [3.05, 3.63) is 41.2 Å². The molecule has 0 N–H and O–H groups in total. The quantitative estimate of drug-likeness (QED) is 0.790. The van der Waals surface area contributed by atoms with E-state index in [0.29, 0.717) is 23.4 Å². The van der Waals surface area contributed by atoms with Gasteiger partial charge in [0.05, 0.1) is 22.6 Å². The Labute approximate surface area is 115 Å². The summed E-state index contributed by atoms with van der Waals surface area (Å²) in [4.78, 5) is 11.1. The summed E-state index contributed by atoms with van der Waals surface area (Å²) in [6.07, 6.45) is 1.43. The van der Waals surface area contributed by atoms with Crippen LogP contribution in [0, 0.1) is 6.92 Å². The molecule has 0 atom stereocenters. The molecule has 4 nitrogen and oxygen atoms in total. The Kier molecular flexibility index (Phi) is 4.12. The molecular formula is C14H14F2N2O2. The standard InChI is InChI=1S/C14H14F2N2O2/c1-3-13-12(8-19)9(2)18(17-13)10-4-6-11(7-5-10)20-14(15)16/h4-8,14H,3H2,1-2H3. The number of carbonyl (C=O) groups excluding carboxylic acids is 1. The number of aromatic nitrogens is 2. The third kappa shape index (κ3) is 2.68. The summed E-state index contributed by atoms with van der Waals surface area (Å²) in [6, 6.07) is 6.11. The zero-order valence-corrected chi connectivity index (χ0v) is 11.1. The summed E-state index contributed by atoms with van der Waals surface area (Å²) in [5.74, 6) is 0.0832. The lowest BCUT2D eigenvalue weighted by Crippen LogP contribution is -2.03. The van der Waals surface area contributed by atoms with Crippen LogP contribution in [0.3, 0.4) is 0 Å². The predicted molar refractivity (Wildman–Crippen MR) is 69.7 cm³/mol. The first-order valence-corrected chi connectivity index (χ1v) is 6.15. The van der Waals surface area contributed by atoms with E-state index >= 15 is 0 Å². The highest BCUT2D eigenvalue weighted by molar-refractivity contribution is 5.78. The van der Waals surface area contributed by atoms with Crippen LogP contribution >= 0.6 is 0 Å². The Morgan fingerprint density at radius 1 is 1.35 bits per heavy atom. The van der Waals surface area contributed by atoms with Gasteiger partial charge < -0.3 is 4.74 Å². The van der Waals surface area contributed by atoms with E-state index in [0.717, 1.165) is 12.0 Å². The number of ether oxygens (including phenoxy) is 1. The van der Waals surface area contributed by atoms with Gasteiger partial charge in [0, 0.05) is 0 Å². The Morgan fingerprint density at radius 2 is 2.00 bits per heavy atom. The lowest BCUT2D eigenvalue weighted by atomic mass is 10.2. The first kappa shape index (κ1) is 14.2. The van der Waals surface area contributed by atoms with E-state index in [-0.39, 0.29) is 5.75 Å². The predicted octanol–water partition coefficient (Wildman–Crippen LogP) is 3.16. The highest BCUT2D eigenvalue weighted by Crippen LogP contribution is 2.20. The molecule has 20 heavy (non-hydrogen) atoms. The van der Waals surface area contributed by atoms with Gasteiger partial charge in [0.25, 0.3) is 0 Å². The summed E-state index contributed by atoms with van der Waals surface area (Å²) in [5.41, 5.74) is 2.69. The van der Waals surface area contributed by atoms with E-state index in [1.54, 1.807) is 23.7 Å². The second kappa shape index (κ2) is 5.81. The molecule has 0 aliphatic carbocycles. The number of hydrogen-bond acceptors (Lipinski definition) is 3. The molecule has 0 amide bonds. The number of aldehydes is 1. The summed E-state index contributed by atoms with van der Waals surface area (Å²) < 4.78 is 30.1. The fourth-order valence-electron chi connectivity index (χ4n) is 2.01. The van der Waals surface area contributed by atoms with Gasteiger partial charge in [0.2, 0.25) is 0 Å². The van der Waals surface area contributed by atoms with E-state index in [1.165, 1.54) is 12.1 Å². The molecule has 0 radical (unpaired) electrons. The van der Waals surface area contributed by atoms with Gasteiger partial charge in [-0.25, -0.2) is 4.68 Å². The number of aryl methyl sites for hydroxylation is 1. The minimum Gasteiger partial charge on any atom is -0.435 e. The topological polar surface area (TPSA) is 44.1 Å². The van der Waals surface area contributed by atoms with E-state index in [1.807, 2.05) is 6.92 Å². The molecule has 106 valence electrons. The maximum Gasteiger partial charge on any atom is 0.387 e. The maximum absolute atomic E-state index is 12.1. The molecule has 2 aromatic rings. The summed E-state index contributed by atoms with van der Waals surface area (Å²) in [7, 11) is 0. The molecule has 1 aromatic carbocycles. The van der Waals surface area contributed by atoms with Gasteiger partial charge in [-0.05, 0) is 37.6 Å². The van der Waals surface area contributed by atoms with Crippen molar-refractivity contribution in [3.63, 3.8) is 0 Å². The Balaban J connectivity index is 2.36. The Hall–Kier alpha value is -2.24. The number of nitrogens with zero attached hydrogens (tertiary/aromatic N) is 2. The third-order valence-corrected chi connectivity index (χ3v) is 3.00. The van der Waals surface area contributed by atoms with Gasteiger partial charge >= 0.3 is 6.61 Å².